The topological polar surface area (TPSA) is 64.7 Å². The predicted octanol–water partition coefficient (Wildman–Crippen LogP) is 1.67. The minimum Gasteiger partial charge on any atom is -0.352 e. The molecule has 2 aliphatic rings. The molecule has 1 saturated carbocycles. The molecular formula is C18H25BrN4O2. The van der Waals surface area contributed by atoms with Crippen molar-refractivity contribution in [1.82, 2.24) is 15.1 Å². The molecule has 3 rings (SSSR count). The van der Waals surface area contributed by atoms with Gasteiger partial charge in [0.2, 0.25) is 11.8 Å². The molecule has 0 unspecified atom stereocenters. The van der Waals surface area contributed by atoms with E-state index in [4.69, 9.17) is 0 Å². The average molecular weight is 409 g/mol. The summed E-state index contributed by atoms with van der Waals surface area (Å²) >= 11 is 3.39. The van der Waals surface area contributed by atoms with E-state index >= 15 is 0 Å². The van der Waals surface area contributed by atoms with E-state index in [1.807, 2.05) is 31.2 Å². The van der Waals surface area contributed by atoms with Crippen LogP contribution >= 0.6 is 15.9 Å². The zero-order valence-electron chi connectivity index (χ0n) is 14.5. The van der Waals surface area contributed by atoms with Crippen molar-refractivity contribution in [2.75, 3.05) is 38.0 Å². The Balaban J connectivity index is 1.42. The van der Waals surface area contributed by atoms with Crippen LogP contribution in [0.5, 0.6) is 0 Å². The molecule has 0 spiro atoms. The monoisotopic (exact) mass is 408 g/mol. The summed E-state index contributed by atoms with van der Waals surface area (Å²) in [7, 11) is 0. The Hall–Kier alpha value is -1.44. The molecule has 1 aliphatic heterocycles. The van der Waals surface area contributed by atoms with Gasteiger partial charge in [-0.1, -0.05) is 15.9 Å². The summed E-state index contributed by atoms with van der Waals surface area (Å²) in [6.45, 7) is 5.62. The summed E-state index contributed by atoms with van der Waals surface area (Å²) in [6, 6.07) is 7.80. The Kier molecular flexibility index (Phi) is 6.09. The number of anilines is 1. The number of carbonyl (C=O) groups excluding carboxylic acids is 2. The van der Waals surface area contributed by atoms with Gasteiger partial charge in [-0.25, -0.2) is 0 Å². The number of hydrogen-bond acceptors (Lipinski definition) is 4. The second-order valence-electron chi connectivity index (χ2n) is 6.83. The maximum atomic E-state index is 12.4. The first-order valence-corrected chi connectivity index (χ1v) is 9.63. The molecule has 0 bridgehead atoms. The van der Waals surface area contributed by atoms with E-state index in [0.29, 0.717) is 12.6 Å². The zero-order chi connectivity index (χ0) is 17.8. The van der Waals surface area contributed by atoms with Crippen LogP contribution in [0.2, 0.25) is 0 Å². The lowest BCUT2D eigenvalue weighted by molar-refractivity contribution is -0.124. The molecule has 1 atom stereocenters. The normalized spacial score (nSPS) is 20.1. The van der Waals surface area contributed by atoms with Crippen LogP contribution in [-0.2, 0) is 9.59 Å². The number of rotatable bonds is 6. The Labute approximate surface area is 157 Å². The molecule has 136 valence electrons. The van der Waals surface area contributed by atoms with Crippen molar-refractivity contribution < 1.29 is 9.59 Å². The van der Waals surface area contributed by atoms with E-state index in [1.54, 1.807) is 0 Å². The van der Waals surface area contributed by atoms with Gasteiger partial charge in [0, 0.05) is 42.4 Å². The van der Waals surface area contributed by atoms with Crippen LogP contribution in [0, 0.1) is 0 Å². The van der Waals surface area contributed by atoms with Crippen molar-refractivity contribution in [3.05, 3.63) is 28.7 Å². The fourth-order valence-corrected chi connectivity index (χ4v) is 3.22. The number of hydrogen-bond donors (Lipinski definition) is 2. The van der Waals surface area contributed by atoms with E-state index in [-0.39, 0.29) is 17.9 Å². The second-order valence-corrected chi connectivity index (χ2v) is 7.74. The predicted molar refractivity (Wildman–Crippen MR) is 101 cm³/mol. The highest BCUT2D eigenvalue weighted by Gasteiger charge is 2.28. The molecule has 7 heteroatoms. The second kappa shape index (κ2) is 8.29. The summed E-state index contributed by atoms with van der Waals surface area (Å²) in [5, 5.41) is 5.98. The largest absolute Gasteiger partial charge is 0.352 e. The molecule has 1 saturated heterocycles. The number of amides is 2. The summed E-state index contributed by atoms with van der Waals surface area (Å²) in [6.07, 6.45) is 2.23. The van der Waals surface area contributed by atoms with Gasteiger partial charge in [-0.15, -0.1) is 0 Å². The highest BCUT2D eigenvalue weighted by atomic mass is 79.9. The average Bonchev–Trinajstić information content (AvgIpc) is 3.40. The third-order valence-electron chi connectivity index (χ3n) is 4.76. The van der Waals surface area contributed by atoms with E-state index in [0.717, 1.165) is 49.2 Å². The Morgan fingerprint density at radius 2 is 1.80 bits per heavy atom. The minimum atomic E-state index is -0.189. The van der Waals surface area contributed by atoms with Crippen LogP contribution in [0.1, 0.15) is 19.8 Å². The number of piperazine rings is 1. The highest BCUT2D eigenvalue weighted by Crippen LogP contribution is 2.18. The highest BCUT2D eigenvalue weighted by molar-refractivity contribution is 9.10. The third-order valence-corrected chi connectivity index (χ3v) is 5.28. The third kappa shape index (κ3) is 5.52. The molecule has 1 aromatic rings. The number of nitrogens with one attached hydrogen (secondary N) is 2. The van der Waals surface area contributed by atoms with Crippen molar-refractivity contribution in [1.29, 1.82) is 0 Å². The van der Waals surface area contributed by atoms with Gasteiger partial charge >= 0.3 is 0 Å². The van der Waals surface area contributed by atoms with Gasteiger partial charge in [0.15, 0.2) is 0 Å². The molecule has 0 aromatic heterocycles. The van der Waals surface area contributed by atoms with Gasteiger partial charge in [0.25, 0.3) is 0 Å². The maximum absolute atomic E-state index is 12.4. The van der Waals surface area contributed by atoms with E-state index in [1.165, 1.54) is 0 Å². The smallest absolute Gasteiger partial charge is 0.241 e. The van der Waals surface area contributed by atoms with Crippen molar-refractivity contribution in [3.63, 3.8) is 0 Å². The maximum Gasteiger partial charge on any atom is 0.241 e. The summed E-state index contributed by atoms with van der Waals surface area (Å²) in [5.41, 5.74) is 0.801. The van der Waals surface area contributed by atoms with E-state index < -0.39 is 0 Å². The van der Waals surface area contributed by atoms with E-state index in [2.05, 4.69) is 36.4 Å². The van der Waals surface area contributed by atoms with Gasteiger partial charge in [-0.2, -0.15) is 0 Å². The number of carbonyl (C=O) groups is 2. The first-order chi connectivity index (χ1) is 12.0. The molecule has 25 heavy (non-hydrogen) atoms. The van der Waals surface area contributed by atoms with Gasteiger partial charge in [-0.05, 0) is 44.0 Å². The van der Waals surface area contributed by atoms with Crippen molar-refractivity contribution in [3.8, 4) is 0 Å². The number of nitrogens with zero attached hydrogens (tertiary/aromatic N) is 2. The van der Waals surface area contributed by atoms with Gasteiger partial charge in [0.05, 0.1) is 12.6 Å². The molecule has 0 radical (unpaired) electrons. The SMILES string of the molecule is C[C@H](C(=O)Nc1ccc(Br)cc1)N1CCN(CC(=O)NC2CC2)CC1. The fraction of sp³-hybridized carbons (Fsp3) is 0.556. The Bertz CT molecular complexity index is 610. The molecule has 1 heterocycles. The zero-order valence-corrected chi connectivity index (χ0v) is 16.1. The van der Waals surface area contributed by atoms with Crippen LogP contribution in [-0.4, -0.2) is 66.4 Å². The van der Waals surface area contributed by atoms with Crippen molar-refractivity contribution in [2.24, 2.45) is 0 Å². The van der Waals surface area contributed by atoms with Crippen LogP contribution in [0.15, 0.2) is 28.7 Å². The number of benzene rings is 1. The molecular weight excluding hydrogens is 384 g/mol. The van der Waals surface area contributed by atoms with Gasteiger partial charge in [-0.3, -0.25) is 19.4 Å². The first kappa shape index (κ1) is 18.4. The lowest BCUT2D eigenvalue weighted by Crippen LogP contribution is -2.54. The van der Waals surface area contributed by atoms with Crippen LogP contribution in [0.25, 0.3) is 0 Å². The van der Waals surface area contributed by atoms with Crippen LogP contribution in [0.3, 0.4) is 0 Å². The molecule has 1 aliphatic carbocycles. The lowest BCUT2D eigenvalue weighted by atomic mass is 10.2. The molecule has 2 N–H and O–H groups in total. The summed E-state index contributed by atoms with van der Waals surface area (Å²) in [5.74, 6) is 0.124. The van der Waals surface area contributed by atoms with Crippen LogP contribution in [0.4, 0.5) is 5.69 Å². The summed E-state index contributed by atoms with van der Waals surface area (Å²) in [4.78, 5) is 28.7. The fourth-order valence-electron chi connectivity index (χ4n) is 2.96. The van der Waals surface area contributed by atoms with Crippen LogP contribution < -0.4 is 10.6 Å². The molecule has 2 fully saturated rings. The molecule has 6 nitrogen and oxygen atoms in total. The van der Waals surface area contributed by atoms with Gasteiger partial charge < -0.3 is 10.6 Å². The standard InChI is InChI=1S/C18H25BrN4O2/c1-13(18(25)21-16-4-2-14(19)3-5-16)23-10-8-22(9-11-23)12-17(24)20-15-6-7-15/h2-5,13,15H,6-12H2,1H3,(H,20,24)(H,21,25)/t13-/m1/s1. The lowest BCUT2D eigenvalue weighted by Gasteiger charge is -2.37. The molecule has 2 amide bonds. The summed E-state index contributed by atoms with van der Waals surface area (Å²) < 4.78 is 0.986. The van der Waals surface area contributed by atoms with Crippen molar-refractivity contribution >= 4 is 33.4 Å². The minimum absolute atomic E-state index is 0.00208. The van der Waals surface area contributed by atoms with E-state index in [9.17, 15) is 9.59 Å². The molecule has 1 aromatic carbocycles. The number of halogens is 1. The Morgan fingerprint density at radius 3 is 2.40 bits per heavy atom. The first-order valence-electron chi connectivity index (χ1n) is 8.83. The van der Waals surface area contributed by atoms with Crippen molar-refractivity contribution in [2.45, 2.75) is 31.8 Å². The van der Waals surface area contributed by atoms with Gasteiger partial charge in [0.1, 0.15) is 0 Å². The Morgan fingerprint density at radius 1 is 1.16 bits per heavy atom. The quantitative estimate of drug-likeness (QED) is 0.751.